The van der Waals surface area contributed by atoms with E-state index < -0.39 is 5.54 Å². The summed E-state index contributed by atoms with van der Waals surface area (Å²) in [7, 11) is 0. The first-order valence-corrected chi connectivity index (χ1v) is 8.57. The summed E-state index contributed by atoms with van der Waals surface area (Å²) < 4.78 is 5.51. The number of hydrogen-bond donors (Lipinski definition) is 2. The minimum Gasteiger partial charge on any atom is -0.509 e. The number of benzene rings is 1. The zero-order valence-electron chi connectivity index (χ0n) is 13.9. The van der Waals surface area contributed by atoms with Crippen LogP contribution in [0.5, 0.6) is 5.75 Å². The molecule has 4 heteroatoms. The number of aryl methyl sites for hydroxylation is 1. The van der Waals surface area contributed by atoms with Gasteiger partial charge in [-0.25, -0.2) is 0 Å². The highest BCUT2D eigenvalue weighted by molar-refractivity contribution is 6.23. The molecule has 23 heavy (non-hydrogen) atoms. The van der Waals surface area contributed by atoms with Crippen molar-refractivity contribution in [2.24, 2.45) is 0 Å². The molecule has 0 bridgehead atoms. The van der Waals surface area contributed by atoms with Crippen molar-refractivity contribution in [1.82, 2.24) is 5.32 Å². The summed E-state index contributed by atoms with van der Waals surface area (Å²) in [5.41, 5.74) is 1.63. The van der Waals surface area contributed by atoms with Crippen LogP contribution in [-0.4, -0.2) is 23.2 Å². The third-order valence-corrected chi connectivity index (χ3v) is 5.01. The number of amides is 1. The summed E-state index contributed by atoms with van der Waals surface area (Å²) >= 11 is 0. The molecule has 1 aliphatic carbocycles. The monoisotopic (exact) mass is 315 g/mol. The van der Waals surface area contributed by atoms with E-state index >= 15 is 0 Å². The van der Waals surface area contributed by atoms with Crippen LogP contribution in [0.15, 0.2) is 24.0 Å². The topological polar surface area (TPSA) is 58.6 Å². The van der Waals surface area contributed by atoms with E-state index in [2.05, 4.69) is 5.32 Å². The van der Waals surface area contributed by atoms with E-state index in [0.29, 0.717) is 12.2 Å². The lowest BCUT2D eigenvalue weighted by molar-refractivity contribution is -0.116. The highest BCUT2D eigenvalue weighted by atomic mass is 16.5. The number of hydrogen-bond acceptors (Lipinski definition) is 3. The van der Waals surface area contributed by atoms with Gasteiger partial charge in [-0.1, -0.05) is 31.7 Å². The van der Waals surface area contributed by atoms with Gasteiger partial charge in [0.05, 0.1) is 17.7 Å². The van der Waals surface area contributed by atoms with E-state index in [1.807, 2.05) is 32.0 Å². The second-order valence-corrected chi connectivity index (χ2v) is 6.58. The molecule has 124 valence electrons. The number of carbonyl (C=O) groups excluding carboxylic acids is 1. The summed E-state index contributed by atoms with van der Waals surface area (Å²) in [5.74, 6) is 0.866. The Hall–Kier alpha value is -1.97. The summed E-state index contributed by atoms with van der Waals surface area (Å²) in [4.78, 5) is 12.6. The van der Waals surface area contributed by atoms with Gasteiger partial charge in [0.25, 0.3) is 5.91 Å². The molecule has 0 saturated heterocycles. The zero-order valence-corrected chi connectivity index (χ0v) is 13.9. The molecule has 1 aromatic carbocycles. The highest BCUT2D eigenvalue weighted by Gasteiger charge is 2.45. The normalized spacial score (nSPS) is 20.5. The molecule has 2 N–H and O–H groups in total. The van der Waals surface area contributed by atoms with Crippen molar-refractivity contribution >= 4 is 11.5 Å². The molecule has 2 aliphatic rings. The third kappa shape index (κ3) is 2.82. The number of aliphatic hydroxyl groups excluding tert-OH is 1. The molecule has 0 aromatic heterocycles. The van der Waals surface area contributed by atoms with Crippen molar-refractivity contribution in [3.05, 3.63) is 35.1 Å². The highest BCUT2D eigenvalue weighted by Crippen LogP contribution is 2.41. The maximum Gasteiger partial charge on any atom is 0.256 e. The van der Waals surface area contributed by atoms with Crippen LogP contribution in [-0.2, 0) is 4.79 Å². The first-order chi connectivity index (χ1) is 11.1. The van der Waals surface area contributed by atoms with Crippen molar-refractivity contribution in [3.8, 4) is 5.75 Å². The van der Waals surface area contributed by atoms with Crippen LogP contribution in [0, 0.1) is 6.92 Å². The average Bonchev–Trinajstić information content (AvgIpc) is 2.69. The molecule has 1 heterocycles. The molecule has 0 unspecified atom stereocenters. The minimum absolute atomic E-state index is 0.156. The van der Waals surface area contributed by atoms with E-state index in [0.717, 1.165) is 42.6 Å². The Bertz CT molecular complexity index is 640. The second kappa shape index (κ2) is 6.26. The molecule has 0 atom stereocenters. The number of rotatable bonds is 3. The Labute approximate surface area is 137 Å². The van der Waals surface area contributed by atoms with Crippen LogP contribution < -0.4 is 10.1 Å². The van der Waals surface area contributed by atoms with Crippen LogP contribution in [0.1, 0.15) is 56.6 Å². The first-order valence-electron chi connectivity index (χ1n) is 8.57. The van der Waals surface area contributed by atoms with Crippen LogP contribution in [0.25, 0.3) is 5.57 Å². The molecule has 1 amide bonds. The number of aliphatic hydroxyl groups is 1. The lowest BCUT2D eigenvalue weighted by Gasteiger charge is -2.28. The first kappa shape index (κ1) is 15.9. The van der Waals surface area contributed by atoms with Gasteiger partial charge in [-0.05, 0) is 49.9 Å². The van der Waals surface area contributed by atoms with Crippen LogP contribution in [0.4, 0.5) is 0 Å². The summed E-state index contributed by atoms with van der Waals surface area (Å²) in [6.45, 7) is 4.50. The quantitative estimate of drug-likeness (QED) is 0.890. The second-order valence-electron chi connectivity index (χ2n) is 6.58. The molecule has 1 fully saturated rings. The van der Waals surface area contributed by atoms with Gasteiger partial charge in [0.15, 0.2) is 0 Å². The lowest BCUT2D eigenvalue weighted by atomic mass is 9.87. The Kier molecular flexibility index (Phi) is 4.33. The van der Waals surface area contributed by atoms with Gasteiger partial charge >= 0.3 is 0 Å². The Morgan fingerprint density at radius 2 is 1.91 bits per heavy atom. The lowest BCUT2D eigenvalue weighted by Crippen LogP contribution is -2.44. The van der Waals surface area contributed by atoms with E-state index in [-0.39, 0.29) is 11.7 Å². The molecule has 3 rings (SSSR count). The predicted molar refractivity (Wildman–Crippen MR) is 90.5 cm³/mol. The van der Waals surface area contributed by atoms with E-state index in [1.165, 1.54) is 12.8 Å². The maximum atomic E-state index is 12.6. The van der Waals surface area contributed by atoms with E-state index in [4.69, 9.17) is 4.74 Å². The fraction of sp³-hybridized carbons (Fsp3) is 0.526. The maximum absolute atomic E-state index is 12.6. The molecule has 0 radical (unpaired) electrons. The van der Waals surface area contributed by atoms with E-state index in [1.54, 1.807) is 0 Å². The summed E-state index contributed by atoms with van der Waals surface area (Å²) in [5, 5.41) is 14.0. The number of ether oxygens (including phenoxy) is 1. The number of carbonyl (C=O) groups is 1. The van der Waals surface area contributed by atoms with Gasteiger partial charge in [-0.15, -0.1) is 0 Å². The molecule has 1 saturated carbocycles. The van der Waals surface area contributed by atoms with Crippen LogP contribution >= 0.6 is 0 Å². The van der Waals surface area contributed by atoms with Crippen molar-refractivity contribution in [2.45, 2.75) is 57.9 Å². The smallest absolute Gasteiger partial charge is 0.256 e. The molecular formula is C19H25NO3. The minimum atomic E-state index is -0.548. The largest absolute Gasteiger partial charge is 0.509 e. The fourth-order valence-corrected chi connectivity index (χ4v) is 3.80. The molecule has 4 nitrogen and oxygen atoms in total. The molecule has 1 spiro atoms. The summed E-state index contributed by atoms with van der Waals surface area (Å²) in [6, 6.07) is 5.66. The predicted octanol–water partition coefficient (Wildman–Crippen LogP) is 3.89. The van der Waals surface area contributed by atoms with E-state index in [9.17, 15) is 9.90 Å². The SMILES string of the molecule is CCOc1ccc(C2=C(O)C3(CCCCCC3)NC2=O)c(C)c1. The van der Waals surface area contributed by atoms with Gasteiger partial charge in [0.1, 0.15) is 11.5 Å². The average molecular weight is 315 g/mol. The summed E-state index contributed by atoms with van der Waals surface area (Å²) in [6.07, 6.45) is 6.07. The Balaban J connectivity index is 2.00. The molecule has 1 aromatic rings. The van der Waals surface area contributed by atoms with Gasteiger partial charge in [0.2, 0.25) is 0 Å². The van der Waals surface area contributed by atoms with Crippen molar-refractivity contribution in [1.29, 1.82) is 0 Å². The Morgan fingerprint density at radius 3 is 2.52 bits per heavy atom. The van der Waals surface area contributed by atoms with Gasteiger partial charge in [-0.2, -0.15) is 0 Å². The number of nitrogens with one attached hydrogen (secondary N) is 1. The van der Waals surface area contributed by atoms with Crippen molar-refractivity contribution in [2.75, 3.05) is 6.61 Å². The van der Waals surface area contributed by atoms with Crippen molar-refractivity contribution < 1.29 is 14.6 Å². The fourth-order valence-electron chi connectivity index (χ4n) is 3.80. The molecular weight excluding hydrogens is 290 g/mol. The van der Waals surface area contributed by atoms with Crippen molar-refractivity contribution in [3.63, 3.8) is 0 Å². The zero-order chi connectivity index (χ0) is 16.4. The van der Waals surface area contributed by atoms with Crippen LogP contribution in [0.3, 0.4) is 0 Å². The Morgan fingerprint density at radius 1 is 1.22 bits per heavy atom. The van der Waals surface area contributed by atoms with Gasteiger partial charge < -0.3 is 15.2 Å². The molecule has 1 aliphatic heterocycles. The van der Waals surface area contributed by atoms with Gasteiger partial charge in [-0.3, -0.25) is 4.79 Å². The third-order valence-electron chi connectivity index (χ3n) is 5.01. The van der Waals surface area contributed by atoms with Gasteiger partial charge in [0, 0.05) is 0 Å². The standard InChI is InChI=1S/C19H25NO3/c1-3-23-14-8-9-15(13(2)12-14)16-17(21)19(20-18(16)22)10-6-4-5-7-11-19/h8-9,12,21H,3-7,10-11H2,1-2H3,(H,20,22). The van der Waals surface area contributed by atoms with Crippen LogP contribution in [0.2, 0.25) is 0 Å².